The van der Waals surface area contributed by atoms with Gasteiger partial charge in [0.05, 0.1) is 6.17 Å². The molecule has 25 heavy (non-hydrogen) atoms. The van der Waals surface area contributed by atoms with Gasteiger partial charge in [-0.2, -0.15) is 0 Å². The van der Waals surface area contributed by atoms with E-state index in [0.29, 0.717) is 0 Å². The zero-order valence-corrected chi connectivity index (χ0v) is 17.0. The van der Waals surface area contributed by atoms with Crippen LogP contribution in [0.5, 0.6) is 0 Å². The molecule has 0 bridgehead atoms. The molecule has 0 aliphatic carbocycles. The molecule has 1 unspecified atom stereocenters. The molecule has 0 aromatic carbocycles. The fourth-order valence-corrected chi connectivity index (χ4v) is 3.56. The van der Waals surface area contributed by atoms with E-state index in [9.17, 15) is 0 Å². The van der Waals surface area contributed by atoms with E-state index in [1.54, 1.807) is 0 Å². The lowest BCUT2D eigenvalue weighted by Crippen LogP contribution is -2.16. The van der Waals surface area contributed by atoms with E-state index < -0.39 is 0 Å². The van der Waals surface area contributed by atoms with E-state index in [2.05, 4.69) is 16.5 Å². The fraction of sp³-hybridized carbons (Fsp3) is 0.864. The number of aryl methyl sites for hydroxylation is 1. The van der Waals surface area contributed by atoms with Crippen molar-refractivity contribution in [3.05, 3.63) is 18.2 Å². The van der Waals surface area contributed by atoms with Crippen LogP contribution in [0.25, 0.3) is 0 Å². The number of unbranched alkanes of at least 4 members (excludes halogenated alkanes) is 14. The maximum absolute atomic E-state index is 5.94. The van der Waals surface area contributed by atoms with E-state index in [4.69, 9.17) is 5.73 Å². The van der Waals surface area contributed by atoms with Crippen molar-refractivity contribution >= 4 is 0 Å². The van der Waals surface area contributed by atoms with Gasteiger partial charge in [0.2, 0.25) is 0 Å². The van der Waals surface area contributed by atoms with Crippen LogP contribution < -0.4 is 5.73 Å². The maximum atomic E-state index is 5.94. The highest BCUT2D eigenvalue weighted by Crippen LogP contribution is 2.14. The Morgan fingerprint density at radius 2 is 1.24 bits per heavy atom. The molecule has 0 fully saturated rings. The van der Waals surface area contributed by atoms with Crippen LogP contribution in [-0.4, -0.2) is 9.55 Å². The summed E-state index contributed by atoms with van der Waals surface area (Å²) in [5, 5.41) is 0. The average molecular weight is 350 g/mol. The molecule has 0 saturated heterocycles. The lowest BCUT2D eigenvalue weighted by molar-refractivity contribution is 0.518. The Balaban J connectivity index is 1.81. The third kappa shape index (κ3) is 11.4. The standard InChI is InChI=1S/C22H43N3/c1-3-4-5-6-7-8-9-10-11-12-13-14-15-16-17-18-22-24-19-20-25(22)21(2)23/h19-21H,3-18,23H2,1-2H3. The van der Waals surface area contributed by atoms with Crippen LogP contribution in [0.4, 0.5) is 0 Å². The van der Waals surface area contributed by atoms with Gasteiger partial charge in [-0.25, -0.2) is 4.98 Å². The smallest absolute Gasteiger partial charge is 0.109 e. The fourth-order valence-electron chi connectivity index (χ4n) is 3.56. The van der Waals surface area contributed by atoms with Crippen LogP contribution in [-0.2, 0) is 6.42 Å². The molecule has 1 heterocycles. The quantitative estimate of drug-likeness (QED) is 0.315. The first-order valence-electron chi connectivity index (χ1n) is 11.0. The Kier molecular flexibility index (Phi) is 13.7. The minimum absolute atomic E-state index is 0.0360. The Labute approximate surface area is 156 Å². The van der Waals surface area contributed by atoms with Crippen molar-refractivity contribution in [2.24, 2.45) is 5.73 Å². The number of rotatable bonds is 17. The predicted molar refractivity (Wildman–Crippen MR) is 110 cm³/mol. The van der Waals surface area contributed by atoms with Crippen molar-refractivity contribution < 1.29 is 0 Å². The summed E-state index contributed by atoms with van der Waals surface area (Å²) >= 11 is 0. The Morgan fingerprint density at radius 3 is 1.68 bits per heavy atom. The van der Waals surface area contributed by atoms with Gasteiger partial charge in [0, 0.05) is 18.8 Å². The first-order valence-corrected chi connectivity index (χ1v) is 11.0. The highest BCUT2D eigenvalue weighted by atomic mass is 15.1. The van der Waals surface area contributed by atoms with Gasteiger partial charge in [-0.1, -0.05) is 96.8 Å². The summed E-state index contributed by atoms with van der Waals surface area (Å²) in [7, 11) is 0. The molecule has 1 atom stereocenters. The number of hydrogen-bond acceptors (Lipinski definition) is 2. The van der Waals surface area contributed by atoms with Crippen LogP contribution in [0.3, 0.4) is 0 Å². The molecule has 0 aliphatic rings. The first-order chi connectivity index (χ1) is 12.3. The van der Waals surface area contributed by atoms with Crippen LogP contribution in [0.15, 0.2) is 12.4 Å². The highest BCUT2D eigenvalue weighted by Gasteiger charge is 2.05. The first kappa shape index (κ1) is 22.2. The second kappa shape index (κ2) is 15.4. The van der Waals surface area contributed by atoms with Crippen molar-refractivity contribution in [3.63, 3.8) is 0 Å². The van der Waals surface area contributed by atoms with Gasteiger partial charge >= 0.3 is 0 Å². The van der Waals surface area contributed by atoms with Crippen LogP contribution in [0, 0.1) is 0 Å². The topological polar surface area (TPSA) is 43.8 Å². The highest BCUT2D eigenvalue weighted by molar-refractivity contribution is 4.94. The SMILES string of the molecule is CCCCCCCCCCCCCCCCCc1nccn1C(C)N. The summed E-state index contributed by atoms with van der Waals surface area (Å²) in [6.07, 6.45) is 26.1. The average Bonchev–Trinajstić information content (AvgIpc) is 3.07. The van der Waals surface area contributed by atoms with Gasteiger partial charge in [-0.05, 0) is 13.3 Å². The van der Waals surface area contributed by atoms with E-state index in [-0.39, 0.29) is 6.17 Å². The second-order valence-corrected chi connectivity index (χ2v) is 7.69. The summed E-state index contributed by atoms with van der Waals surface area (Å²) in [5.41, 5.74) is 5.94. The van der Waals surface area contributed by atoms with Gasteiger partial charge in [0.1, 0.15) is 5.82 Å². The number of imidazole rings is 1. The van der Waals surface area contributed by atoms with Crippen LogP contribution in [0.1, 0.15) is 122 Å². The molecule has 0 radical (unpaired) electrons. The number of nitrogens with two attached hydrogens (primary N) is 1. The van der Waals surface area contributed by atoms with Gasteiger partial charge in [0.15, 0.2) is 0 Å². The van der Waals surface area contributed by atoms with Crippen molar-refractivity contribution in [1.29, 1.82) is 0 Å². The lowest BCUT2D eigenvalue weighted by Gasteiger charge is -2.11. The number of nitrogens with zero attached hydrogens (tertiary/aromatic N) is 2. The Bertz CT molecular complexity index is 398. The van der Waals surface area contributed by atoms with E-state index in [1.165, 1.54) is 96.3 Å². The summed E-state index contributed by atoms with van der Waals surface area (Å²) in [6.45, 7) is 4.30. The monoisotopic (exact) mass is 349 g/mol. The number of aromatic nitrogens is 2. The second-order valence-electron chi connectivity index (χ2n) is 7.69. The van der Waals surface area contributed by atoms with Crippen molar-refractivity contribution in [2.75, 3.05) is 0 Å². The van der Waals surface area contributed by atoms with Crippen molar-refractivity contribution in [3.8, 4) is 0 Å². The molecule has 1 aromatic rings. The van der Waals surface area contributed by atoms with Gasteiger partial charge < -0.3 is 10.3 Å². The third-order valence-electron chi connectivity index (χ3n) is 5.19. The lowest BCUT2D eigenvalue weighted by atomic mass is 10.0. The molecular weight excluding hydrogens is 306 g/mol. The molecule has 1 aromatic heterocycles. The van der Waals surface area contributed by atoms with E-state index in [1.807, 2.05) is 19.3 Å². The molecule has 1 rings (SSSR count). The zero-order valence-electron chi connectivity index (χ0n) is 17.0. The van der Waals surface area contributed by atoms with E-state index in [0.717, 1.165) is 12.2 Å². The molecular formula is C22H43N3. The Hall–Kier alpha value is -0.830. The molecule has 2 N–H and O–H groups in total. The van der Waals surface area contributed by atoms with E-state index >= 15 is 0 Å². The predicted octanol–water partition coefficient (Wildman–Crippen LogP) is 6.77. The zero-order chi connectivity index (χ0) is 18.2. The summed E-state index contributed by atoms with van der Waals surface area (Å²) < 4.78 is 2.09. The van der Waals surface area contributed by atoms with Crippen molar-refractivity contribution in [1.82, 2.24) is 9.55 Å². The molecule has 3 nitrogen and oxygen atoms in total. The van der Waals surface area contributed by atoms with Crippen LogP contribution in [0.2, 0.25) is 0 Å². The Morgan fingerprint density at radius 1 is 0.800 bits per heavy atom. The van der Waals surface area contributed by atoms with Crippen LogP contribution >= 0.6 is 0 Å². The van der Waals surface area contributed by atoms with Gasteiger partial charge in [-0.15, -0.1) is 0 Å². The summed E-state index contributed by atoms with van der Waals surface area (Å²) in [6, 6.07) is 0. The summed E-state index contributed by atoms with van der Waals surface area (Å²) in [5.74, 6) is 1.14. The number of hydrogen-bond donors (Lipinski definition) is 1. The van der Waals surface area contributed by atoms with Gasteiger partial charge in [-0.3, -0.25) is 0 Å². The summed E-state index contributed by atoms with van der Waals surface area (Å²) in [4.78, 5) is 4.42. The molecule has 0 saturated carbocycles. The normalized spacial score (nSPS) is 12.6. The molecule has 146 valence electrons. The van der Waals surface area contributed by atoms with Crippen molar-refractivity contribution in [2.45, 2.75) is 123 Å². The molecule has 0 spiro atoms. The van der Waals surface area contributed by atoms with Gasteiger partial charge in [0.25, 0.3) is 0 Å². The third-order valence-corrected chi connectivity index (χ3v) is 5.19. The largest absolute Gasteiger partial charge is 0.319 e. The molecule has 0 aliphatic heterocycles. The molecule has 0 amide bonds. The minimum Gasteiger partial charge on any atom is -0.319 e. The maximum Gasteiger partial charge on any atom is 0.109 e. The molecule has 3 heteroatoms. The minimum atomic E-state index is 0.0360.